The predicted molar refractivity (Wildman–Crippen MR) is 48.0 cm³/mol. The molecule has 0 fully saturated rings. The topological polar surface area (TPSA) is 47.3 Å². The van der Waals surface area contributed by atoms with Crippen LogP contribution in [0.5, 0.6) is 0 Å². The van der Waals surface area contributed by atoms with Crippen molar-refractivity contribution < 1.29 is 17.9 Å². The van der Waals surface area contributed by atoms with Crippen LogP contribution in [0.1, 0.15) is 12.8 Å². The molecule has 0 bridgehead atoms. The third-order valence-electron chi connectivity index (χ3n) is 1.60. The average Bonchev–Trinajstić information content (AvgIpc) is 2.02. The molecule has 3 nitrogen and oxygen atoms in total. The maximum Gasteiger partial charge on any atom is 0.389 e. The first-order chi connectivity index (χ1) is 6.45. The Kier molecular flexibility index (Phi) is 6.86. The van der Waals surface area contributed by atoms with Crippen LogP contribution in [0.15, 0.2) is 0 Å². The minimum Gasteiger partial charge on any atom is -0.383 e. The molecule has 0 aromatic heterocycles. The number of methoxy groups -OCH3 is 1. The van der Waals surface area contributed by atoms with Crippen LogP contribution in [0.4, 0.5) is 13.2 Å². The summed E-state index contributed by atoms with van der Waals surface area (Å²) < 4.78 is 39.8. The van der Waals surface area contributed by atoms with Crippen LogP contribution < -0.4 is 11.1 Å². The molecule has 0 rings (SSSR count). The van der Waals surface area contributed by atoms with E-state index in [0.717, 1.165) is 0 Å². The summed E-state index contributed by atoms with van der Waals surface area (Å²) in [5, 5.41) is 2.84. The van der Waals surface area contributed by atoms with E-state index in [4.69, 9.17) is 10.5 Å². The number of hydrogen-bond donors (Lipinski definition) is 2. The second kappa shape index (κ2) is 7.03. The fourth-order valence-corrected chi connectivity index (χ4v) is 0.974. The molecule has 3 N–H and O–H groups in total. The largest absolute Gasteiger partial charge is 0.389 e. The van der Waals surface area contributed by atoms with Gasteiger partial charge in [0.05, 0.1) is 6.61 Å². The van der Waals surface area contributed by atoms with Gasteiger partial charge in [-0.2, -0.15) is 13.2 Å². The molecule has 0 saturated heterocycles. The average molecular weight is 214 g/mol. The predicted octanol–water partition coefficient (Wildman–Crippen LogP) is 0.892. The van der Waals surface area contributed by atoms with Crippen LogP contribution in [0.25, 0.3) is 0 Å². The maximum absolute atomic E-state index is 11.7. The zero-order valence-corrected chi connectivity index (χ0v) is 8.23. The number of rotatable bonds is 7. The van der Waals surface area contributed by atoms with Crippen LogP contribution in [-0.2, 0) is 4.74 Å². The molecule has 0 aliphatic carbocycles. The molecule has 0 aromatic carbocycles. The Hall–Kier alpha value is -0.330. The molecule has 0 amide bonds. The molecule has 0 spiro atoms. The summed E-state index contributed by atoms with van der Waals surface area (Å²) in [6.07, 6.45) is -4.72. The molecule has 1 atom stereocenters. The Balaban J connectivity index is 3.21. The molecular weight excluding hydrogens is 197 g/mol. The van der Waals surface area contributed by atoms with E-state index >= 15 is 0 Å². The van der Waals surface area contributed by atoms with Crippen LogP contribution in [-0.4, -0.2) is 39.0 Å². The number of ether oxygens (including phenoxy) is 1. The smallest absolute Gasteiger partial charge is 0.383 e. The second-order valence-corrected chi connectivity index (χ2v) is 3.14. The van der Waals surface area contributed by atoms with Crippen molar-refractivity contribution in [1.29, 1.82) is 0 Å². The minimum absolute atomic E-state index is 0.0865. The number of hydrogen-bond acceptors (Lipinski definition) is 3. The van der Waals surface area contributed by atoms with Gasteiger partial charge in [0.2, 0.25) is 0 Å². The van der Waals surface area contributed by atoms with E-state index in [-0.39, 0.29) is 12.5 Å². The van der Waals surface area contributed by atoms with Gasteiger partial charge in [-0.25, -0.2) is 0 Å². The molecule has 0 radical (unpaired) electrons. The van der Waals surface area contributed by atoms with Crippen molar-refractivity contribution in [3.05, 3.63) is 0 Å². The van der Waals surface area contributed by atoms with E-state index in [1.807, 2.05) is 0 Å². The summed E-state index contributed by atoms with van der Waals surface area (Å²) in [5.74, 6) is 0. The van der Waals surface area contributed by atoms with E-state index < -0.39 is 12.6 Å². The molecule has 86 valence electrons. The molecular formula is C8H17F3N2O. The van der Waals surface area contributed by atoms with E-state index in [1.54, 1.807) is 0 Å². The van der Waals surface area contributed by atoms with Gasteiger partial charge in [0.25, 0.3) is 0 Å². The second-order valence-electron chi connectivity index (χ2n) is 3.14. The van der Waals surface area contributed by atoms with Crippen LogP contribution in [0.2, 0.25) is 0 Å². The van der Waals surface area contributed by atoms with Crippen molar-refractivity contribution in [2.24, 2.45) is 5.73 Å². The standard InChI is InChI=1S/C8H17F3N2O/c1-14-6-7(12)5-13-4-2-3-8(9,10)11/h7,13H,2-6,12H2,1H3. The first-order valence-corrected chi connectivity index (χ1v) is 4.47. The lowest BCUT2D eigenvalue weighted by molar-refractivity contribution is -0.135. The van der Waals surface area contributed by atoms with Gasteiger partial charge in [-0.05, 0) is 13.0 Å². The van der Waals surface area contributed by atoms with E-state index in [2.05, 4.69) is 5.32 Å². The van der Waals surface area contributed by atoms with E-state index in [0.29, 0.717) is 19.7 Å². The van der Waals surface area contributed by atoms with Gasteiger partial charge in [-0.15, -0.1) is 0 Å². The summed E-state index contributed by atoms with van der Waals surface area (Å²) in [6.45, 7) is 1.22. The van der Waals surface area contributed by atoms with Crippen molar-refractivity contribution in [3.8, 4) is 0 Å². The third kappa shape index (κ3) is 9.76. The summed E-state index contributed by atoms with van der Waals surface area (Å²) in [5.41, 5.74) is 5.54. The zero-order chi connectivity index (χ0) is 11.0. The lowest BCUT2D eigenvalue weighted by Crippen LogP contribution is -2.37. The first-order valence-electron chi connectivity index (χ1n) is 4.47. The number of nitrogens with one attached hydrogen (secondary N) is 1. The molecule has 0 saturated carbocycles. The highest BCUT2D eigenvalue weighted by Gasteiger charge is 2.25. The summed E-state index contributed by atoms with van der Waals surface area (Å²) in [7, 11) is 1.53. The molecule has 6 heteroatoms. The summed E-state index contributed by atoms with van der Waals surface area (Å²) in [6, 6.07) is -0.161. The summed E-state index contributed by atoms with van der Waals surface area (Å²) in [4.78, 5) is 0. The number of alkyl halides is 3. The van der Waals surface area contributed by atoms with Gasteiger partial charge >= 0.3 is 6.18 Å². The van der Waals surface area contributed by atoms with Crippen LogP contribution in [0.3, 0.4) is 0 Å². The van der Waals surface area contributed by atoms with Gasteiger partial charge in [-0.1, -0.05) is 0 Å². The minimum atomic E-state index is -4.06. The highest BCUT2D eigenvalue weighted by Crippen LogP contribution is 2.20. The number of halogens is 3. The molecule has 0 aliphatic rings. The Morgan fingerprint density at radius 1 is 1.43 bits per heavy atom. The van der Waals surface area contributed by atoms with Crippen LogP contribution in [0, 0.1) is 0 Å². The fourth-order valence-electron chi connectivity index (χ4n) is 0.974. The van der Waals surface area contributed by atoms with Crippen molar-refractivity contribution >= 4 is 0 Å². The highest BCUT2D eigenvalue weighted by atomic mass is 19.4. The van der Waals surface area contributed by atoms with Crippen molar-refractivity contribution in [3.63, 3.8) is 0 Å². The van der Waals surface area contributed by atoms with Crippen molar-refractivity contribution in [2.75, 3.05) is 26.8 Å². The lowest BCUT2D eigenvalue weighted by Gasteiger charge is -2.11. The van der Waals surface area contributed by atoms with Gasteiger partial charge in [-0.3, -0.25) is 0 Å². The molecule has 0 aliphatic heterocycles. The number of nitrogens with two attached hydrogens (primary N) is 1. The normalized spacial score (nSPS) is 14.4. The fraction of sp³-hybridized carbons (Fsp3) is 1.00. The maximum atomic E-state index is 11.7. The zero-order valence-electron chi connectivity index (χ0n) is 8.23. The Morgan fingerprint density at radius 2 is 2.07 bits per heavy atom. The van der Waals surface area contributed by atoms with Gasteiger partial charge in [0, 0.05) is 26.1 Å². The molecule has 0 heterocycles. The lowest BCUT2D eigenvalue weighted by atomic mass is 10.3. The Labute approximate surface area is 81.8 Å². The van der Waals surface area contributed by atoms with Crippen LogP contribution >= 0.6 is 0 Å². The Bertz CT molecular complexity index is 141. The van der Waals surface area contributed by atoms with Gasteiger partial charge in [0.1, 0.15) is 0 Å². The molecule has 1 unspecified atom stereocenters. The van der Waals surface area contributed by atoms with E-state index in [9.17, 15) is 13.2 Å². The Morgan fingerprint density at radius 3 is 2.57 bits per heavy atom. The monoisotopic (exact) mass is 214 g/mol. The van der Waals surface area contributed by atoms with Gasteiger partial charge in [0.15, 0.2) is 0 Å². The van der Waals surface area contributed by atoms with Gasteiger partial charge < -0.3 is 15.8 Å². The quantitative estimate of drug-likeness (QED) is 0.619. The van der Waals surface area contributed by atoms with E-state index in [1.165, 1.54) is 7.11 Å². The summed E-state index contributed by atoms with van der Waals surface area (Å²) >= 11 is 0. The molecule has 0 aromatic rings. The third-order valence-corrected chi connectivity index (χ3v) is 1.60. The SMILES string of the molecule is COCC(N)CNCCCC(F)(F)F. The van der Waals surface area contributed by atoms with Crippen molar-refractivity contribution in [2.45, 2.75) is 25.1 Å². The molecule has 14 heavy (non-hydrogen) atoms. The first kappa shape index (κ1) is 13.7. The highest BCUT2D eigenvalue weighted by molar-refractivity contribution is 4.63. The van der Waals surface area contributed by atoms with Crippen molar-refractivity contribution in [1.82, 2.24) is 5.32 Å².